The van der Waals surface area contributed by atoms with Crippen molar-refractivity contribution in [1.29, 1.82) is 0 Å². The molecule has 0 unspecified atom stereocenters. The highest BCUT2D eigenvalue weighted by Gasteiger charge is 2.29. The summed E-state index contributed by atoms with van der Waals surface area (Å²) in [5.74, 6) is 1.52. The van der Waals surface area contributed by atoms with Crippen molar-refractivity contribution in [2.24, 2.45) is 13.0 Å². The summed E-state index contributed by atoms with van der Waals surface area (Å²) in [5.41, 5.74) is 3.67. The number of para-hydroxylation sites is 2. The Bertz CT molecular complexity index is 1380. The Morgan fingerprint density at radius 3 is 2.69 bits per heavy atom. The van der Waals surface area contributed by atoms with Crippen LogP contribution in [-0.4, -0.2) is 52.4 Å². The van der Waals surface area contributed by atoms with Crippen molar-refractivity contribution in [2.75, 3.05) is 29.9 Å². The minimum atomic E-state index is -0.423. The molecule has 9 nitrogen and oxygen atoms in total. The highest BCUT2D eigenvalue weighted by Crippen LogP contribution is 2.37. The molecule has 3 aromatic rings. The molecule has 10 heteroatoms. The Balaban J connectivity index is 1.08. The van der Waals surface area contributed by atoms with E-state index in [-0.39, 0.29) is 18.6 Å². The number of rotatable bonds is 6. The van der Waals surface area contributed by atoms with Gasteiger partial charge in [0.25, 0.3) is 5.91 Å². The minimum absolute atomic E-state index is 0.0460. The number of alkyl carbamates (subject to hydrolysis) is 1. The van der Waals surface area contributed by atoms with Crippen LogP contribution in [0, 0.1) is 5.92 Å². The lowest BCUT2D eigenvalue weighted by Gasteiger charge is -2.31. The number of carbonyl (C=O) groups excluding carboxylic acids is 2. The van der Waals surface area contributed by atoms with E-state index in [1.54, 1.807) is 27.9 Å². The molecule has 6 rings (SSSR count). The number of ether oxygens (including phenoxy) is 1. The van der Waals surface area contributed by atoms with Crippen LogP contribution in [0.2, 0.25) is 5.02 Å². The van der Waals surface area contributed by atoms with Gasteiger partial charge in [0.15, 0.2) is 0 Å². The van der Waals surface area contributed by atoms with Gasteiger partial charge < -0.3 is 25.2 Å². The number of hydrogen-bond acceptors (Lipinski definition) is 6. The van der Waals surface area contributed by atoms with Crippen molar-refractivity contribution < 1.29 is 14.3 Å². The molecule has 3 heterocycles. The van der Waals surface area contributed by atoms with E-state index in [1.165, 1.54) is 19.4 Å². The third-order valence-corrected chi connectivity index (χ3v) is 8.07. The summed E-state index contributed by atoms with van der Waals surface area (Å²) in [6, 6.07) is 12.9. The molecule has 3 aliphatic rings. The second kappa shape index (κ2) is 10.9. The number of aromatic nitrogens is 2. The van der Waals surface area contributed by atoms with Gasteiger partial charge in [0, 0.05) is 38.8 Å². The molecule has 2 aromatic carbocycles. The van der Waals surface area contributed by atoms with Gasteiger partial charge in [-0.15, -0.1) is 0 Å². The van der Waals surface area contributed by atoms with Crippen LogP contribution in [0.3, 0.4) is 0 Å². The molecule has 2 fully saturated rings. The second-order valence-corrected chi connectivity index (χ2v) is 11.1. The van der Waals surface area contributed by atoms with Gasteiger partial charge in [-0.05, 0) is 61.4 Å². The van der Waals surface area contributed by atoms with E-state index in [1.807, 2.05) is 37.4 Å². The van der Waals surface area contributed by atoms with Gasteiger partial charge in [-0.1, -0.05) is 29.8 Å². The number of fused-ring (bicyclic) bond motifs is 2. The highest BCUT2D eigenvalue weighted by atomic mass is 35.5. The molecule has 1 aromatic heterocycles. The van der Waals surface area contributed by atoms with E-state index in [9.17, 15) is 9.59 Å². The summed E-state index contributed by atoms with van der Waals surface area (Å²) in [4.78, 5) is 30.3. The Kier molecular flexibility index (Phi) is 7.18. The zero-order chi connectivity index (χ0) is 26.9. The van der Waals surface area contributed by atoms with Gasteiger partial charge >= 0.3 is 6.09 Å². The zero-order valence-electron chi connectivity index (χ0n) is 22.0. The predicted molar refractivity (Wildman–Crippen MR) is 150 cm³/mol. The van der Waals surface area contributed by atoms with Crippen molar-refractivity contribution in [3.63, 3.8) is 0 Å². The lowest BCUT2D eigenvalue weighted by molar-refractivity contribution is 0.0493. The van der Waals surface area contributed by atoms with Crippen molar-refractivity contribution >= 4 is 40.8 Å². The first-order valence-electron chi connectivity index (χ1n) is 13.6. The van der Waals surface area contributed by atoms with E-state index >= 15 is 0 Å². The number of anilines is 3. The van der Waals surface area contributed by atoms with Gasteiger partial charge in [0.1, 0.15) is 11.9 Å². The lowest BCUT2D eigenvalue weighted by atomic mass is 10.1. The predicted octanol–water partition coefficient (Wildman–Crippen LogP) is 5.08. The first kappa shape index (κ1) is 25.7. The van der Waals surface area contributed by atoms with Crippen LogP contribution in [0.15, 0.2) is 48.7 Å². The van der Waals surface area contributed by atoms with E-state index < -0.39 is 6.09 Å². The van der Waals surface area contributed by atoms with Gasteiger partial charge in [0.2, 0.25) is 0 Å². The number of nitrogens with one attached hydrogen (secondary N) is 2. The van der Waals surface area contributed by atoms with Gasteiger partial charge in [-0.3, -0.25) is 9.48 Å². The smallest absolute Gasteiger partial charge is 0.407 e. The first-order chi connectivity index (χ1) is 18.9. The number of hydrogen-bond donors (Lipinski definition) is 2. The van der Waals surface area contributed by atoms with Crippen LogP contribution >= 0.6 is 11.6 Å². The maximum Gasteiger partial charge on any atom is 0.407 e. The van der Waals surface area contributed by atoms with E-state index in [0.29, 0.717) is 17.1 Å². The summed E-state index contributed by atoms with van der Waals surface area (Å²) in [5, 5.41) is 10.9. The molecular formula is C29H33ClN6O3. The number of piperidine rings is 1. The number of amides is 2. The Labute approximate surface area is 233 Å². The van der Waals surface area contributed by atoms with E-state index in [2.05, 4.69) is 20.6 Å². The number of likely N-dealkylation sites (tertiary alicyclic amines) is 1. The quantitative estimate of drug-likeness (QED) is 0.446. The summed E-state index contributed by atoms with van der Waals surface area (Å²) in [6.07, 6.45) is 5.75. The SMILES string of the molecule is Cn1ncc2c1Nc1ccccc1N(C(=O)c1ccc(CNC(=O)OC3CCN(CC4CC4)CC3)cc1Cl)C2. The summed E-state index contributed by atoms with van der Waals surface area (Å²) in [6.45, 7) is 3.78. The van der Waals surface area contributed by atoms with Crippen LogP contribution in [0.5, 0.6) is 0 Å². The topological polar surface area (TPSA) is 91.7 Å². The molecular weight excluding hydrogens is 516 g/mol. The third kappa shape index (κ3) is 5.74. The molecule has 39 heavy (non-hydrogen) atoms. The minimum Gasteiger partial charge on any atom is -0.446 e. The average molecular weight is 549 g/mol. The van der Waals surface area contributed by atoms with Crippen LogP contribution in [0.1, 0.15) is 47.2 Å². The Morgan fingerprint density at radius 2 is 1.92 bits per heavy atom. The van der Waals surface area contributed by atoms with E-state index in [0.717, 1.165) is 60.2 Å². The molecule has 2 aliphatic heterocycles. The fourth-order valence-corrected chi connectivity index (χ4v) is 5.65. The van der Waals surface area contributed by atoms with Crippen LogP contribution in [0.4, 0.5) is 22.0 Å². The number of carbonyl (C=O) groups is 2. The number of benzene rings is 2. The van der Waals surface area contributed by atoms with E-state index in [4.69, 9.17) is 16.3 Å². The first-order valence-corrected chi connectivity index (χ1v) is 14.0. The van der Waals surface area contributed by atoms with Crippen molar-refractivity contribution in [3.8, 4) is 0 Å². The van der Waals surface area contributed by atoms with Gasteiger partial charge in [-0.25, -0.2) is 4.79 Å². The molecule has 0 spiro atoms. The highest BCUT2D eigenvalue weighted by molar-refractivity contribution is 6.34. The number of nitrogens with zero attached hydrogens (tertiary/aromatic N) is 4. The average Bonchev–Trinajstić information content (AvgIpc) is 3.72. The molecule has 0 bridgehead atoms. The maximum atomic E-state index is 13.7. The third-order valence-electron chi connectivity index (χ3n) is 7.76. The van der Waals surface area contributed by atoms with Crippen molar-refractivity contribution in [2.45, 2.75) is 44.9 Å². The molecule has 1 saturated carbocycles. The number of halogens is 1. The summed E-state index contributed by atoms with van der Waals surface area (Å²) >= 11 is 6.61. The lowest BCUT2D eigenvalue weighted by Crippen LogP contribution is -2.40. The molecule has 204 valence electrons. The second-order valence-electron chi connectivity index (χ2n) is 10.7. The fourth-order valence-electron chi connectivity index (χ4n) is 5.37. The molecule has 2 amide bonds. The molecule has 1 saturated heterocycles. The van der Waals surface area contributed by atoms with Gasteiger partial charge in [-0.2, -0.15) is 5.10 Å². The van der Waals surface area contributed by atoms with Crippen LogP contribution in [0.25, 0.3) is 0 Å². The monoisotopic (exact) mass is 548 g/mol. The van der Waals surface area contributed by atoms with Gasteiger partial charge in [0.05, 0.1) is 34.7 Å². The zero-order valence-corrected chi connectivity index (χ0v) is 22.8. The standard InChI is InChI=1S/C29H33ClN6O3/c1-34-27-21(16-32-34)18-36(26-5-3-2-4-25(26)33-27)28(37)23-9-8-20(14-24(23)30)15-31-29(38)39-22-10-12-35(13-11-22)17-19-6-7-19/h2-5,8-9,14,16,19,22,33H,6-7,10-13,15,17-18H2,1H3,(H,31,38). The van der Waals surface area contributed by atoms with Crippen molar-refractivity contribution in [1.82, 2.24) is 20.0 Å². The molecule has 2 N–H and O–H groups in total. The molecule has 0 atom stereocenters. The largest absolute Gasteiger partial charge is 0.446 e. The Hall–Kier alpha value is -3.56. The van der Waals surface area contributed by atoms with Crippen molar-refractivity contribution in [3.05, 3.63) is 70.4 Å². The Morgan fingerprint density at radius 1 is 1.13 bits per heavy atom. The normalized spacial score (nSPS) is 17.5. The number of aryl methyl sites for hydroxylation is 1. The molecule has 1 aliphatic carbocycles. The maximum absolute atomic E-state index is 13.7. The molecule has 0 radical (unpaired) electrons. The fraction of sp³-hybridized carbons (Fsp3) is 0.414. The van der Waals surface area contributed by atoms with Crippen LogP contribution in [-0.2, 0) is 24.9 Å². The van der Waals surface area contributed by atoms with Crippen LogP contribution < -0.4 is 15.5 Å². The summed E-state index contributed by atoms with van der Waals surface area (Å²) < 4.78 is 7.41. The summed E-state index contributed by atoms with van der Waals surface area (Å²) in [7, 11) is 1.87.